The number of carbonyl (C=O) groups is 1. The minimum atomic E-state index is -0.877. The first-order valence-electron chi connectivity index (χ1n) is 5.57. The lowest BCUT2D eigenvalue weighted by Gasteiger charge is -2.24. The van der Waals surface area contributed by atoms with Crippen LogP contribution in [0.2, 0.25) is 0 Å². The van der Waals surface area contributed by atoms with E-state index in [1.807, 2.05) is 24.3 Å². The van der Waals surface area contributed by atoms with Gasteiger partial charge in [0.1, 0.15) is 0 Å². The largest absolute Gasteiger partial charge is 0.465 e. The number of benzene rings is 1. The van der Waals surface area contributed by atoms with Gasteiger partial charge in [0.2, 0.25) is 0 Å². The van der Waals surface area contributed by atoms with E-state index in [1.165, 1.54) is 4.90 Å². The molecule has 0 radical (unpaired) electrons. The van der Waals surface area contributed by atoms with E-state index in [9.17, 15) is 4.79 Å². The van der Waals surface area contributed by atoms with Gasteiger partial charge in [-0.1, -0.05) is 28.1 Å². The standard InChI is InChI=1S/C12H15BrN2O2/c13-9-3-1-2-8(6-9)7-11-10(14)4-5-15(11)12(16)17/h1-3,6,10-11H,4-5,7,14H2,(H,16,17). The van der Waals surface area contributed by atoms with Gasteiger partial charge >= 0.3 is 6.09 Å². The Morgan fingerprint density at radius 1 is 1.59 bits per heavy atom. The molecule has 1 amide bonds. The molecule has 2 rings (SSSR count). The highest BCUT2D eigenvalue weighted by Crippen LogP contribution is 2.22. The molecule has 0 bridgehead atoms. The van der Waals surface area contributed by atoms with Gasteiger partial charge in [-0.25, -0.2) is 4.79 Å². The highest BCUT2D eigenvalue weighted by molar-refractivity contribution is 9.10. The number of amides is 1. The Balaban J connectivity index is 2.13. The molecule has 1 aromatic carbocycles. The maximum absolute atomic E-state index is 11.1. The minimum Gasteiger partial charge on any atom is -0.465 e. The van der Waals surface area contributed by atoms with E-state index >= 15 is 0 Å². The van der Waals surface area contributed by atoms with Gasteiger partial charge in [-0.05, 0) is 30.5 Å². The molecule has 3 N–H and O–H groups in total. The molecule has 0 saturated carbocycles. The molecule has 17 heavy (non-hydrogen) atoms. The third-order valence-corrected chi connectivity index (χ3v) is 3.67. The number of carboxylic acid groups (broad SMARTS) is 1. The summed E-state index contributed by atoms with van der Waals surface area (Å²) < 4.78 is 1.00. The Hall–Kier alpha value is -1.07. The van der Waals surface area contributed by atoms with Crippen LogP contribution in [0.1, 0.15) is 12.0 Å². The van der Waals surface area contributed by atoms with Crippen molar-refractivity contribution in [2.45, 2.75) is 24.9 Å². The molecule has 0 aliphatic carbocycles. The molecule has 1 fully saturated rings. The Labute approximate surface area is 109 Å². The summed E-state index contributed by atoms with van der Waals surface area (Å²) in [6.45, 7) is 0.537. The SMILES string of the molecule is NC1CCN(C(=O)O)C1Cc1cccc(Br)c1. The lowest BCUT2D eigenvalue weighted by Crippen LogP contribution is -2.43. The smallest absolute Gasteiger partial charge is 0.407 e. The number of hydrogen-bond acceptors (Lipinski definition) is 2. The van der Waals surface area contributed by atoms with Crippen LogP contribution < -0.4 is 5.73 Å². The Kier molecular flexibility index (Phi) is 3.69. The second-order valence-corrected chi connectivity index (χ2v) is 5.25. The van der Waals surface area contributed by atoms with E-state index in [0.29, 0.717) is 13.0 Å². The van der Waals surface area contributed by atoms with Gasteiger partial charge in [0.15, 0.2) is 0 Å². The van der Waals surface area contributed by atoms with E-state index in [2.05, 4.69) is 15.9 Å². The van der Waals surface area contributed by atoms with E-state index in [-0.39, 0.29) is 12.1 Å². The summed E-state index contributed by atoms with van der Waals surface area (Å²) in [6, 6.07) is 7.73. The molecule has 92 valence electrons. The van der Waals surface area contributed by atoms with E-state index in [4.69, 9.17) is 10.8 Å². The molecule has 0 aromatic heterocycles. The van der Waals surface area contributed by atoms with Crippen molar-refractivity contribution in [2.24, 2.45) is 5.73 Å². The number of nitrogens with two attached hydrogens (primary N) is 1. The highest BCUT2D eigenvalue weighted by Gasteiger charge is 2.34. The average molecular weight is 299 g/mol. The van der Waals surface area contributed by atoms with Crippen LogP contribution in [-0.2, 0) is 6.42 Å². The number of rotatable bonds is 2. The predicted molar refractivity (Wildman–Crippen MR) is 69.0 cm³/mol. The molecule has 4 nitrogen and oxygen atoms in total. The van der Waals surface area contributed by atoms with Crippen LogP contribution in [0.25, 0.3) is 0 Å². The van der Waals surface area contributed by atoms with Gasteiger partial charge in [0.05, 0.1) is 6.04 Å². The van der Waals surface area contributed by atoms with Crippen molar-refractivity contribution in [1.29, 1.82) is 0 Å². The van der Waals surface area contributed by atoms with Crippen molar-refractivity contribution >= 4 is 22.0 Å². The van der Waals surface area contributed by atoms with Crippen molar-refractivity contribution in [2.75, 3.05) is 6.54 Å². The molecular formula is C12H15BrN2O2. The summed E-state index contributed by atoms with van der Waals surface area (Å²) in [4.78, 5) is 12.5. The average Bonchev–Trinajstić information content (AvgIpc) is 2.61. The topological polar surface area (TPSA) is 66.6 Å². The van der Waals surface area contributed by atoms with Gasteiger partial charge in [-0.15, -0.1) is 0 Å². The fraction of sp³-hybridized carbons (Fsp3) is 0.417. The van der Waals surface area contributed by atoms with Gasteiger partial charge in [0, 0.05) is 17.1 Å². The van der Waals surface area contributed by atoms with Crippen LogP contribution >= 0.6 is 15.9 Å². The molecule has 0 spiro atoms. The first-order valence-corrected chi connectivity index (χ1v) is 6.37. The third-order valence-electron chi connectivity index (χ3n) is 3.18. The van der Waals surface area contributed by atoms with Gasteiger partial charge in [-0.2, -0.15) is 0 Å². The van der Waals surface area contributed by atoms with E-state index < -0.39 is 6.09 Å². The van der Waals surface area contributed by atoms with Gasteiger partial charge < -0.3 is 15.7 Å². The maximum atomic E-state index is 11.1. The summed E-state index contributed by atoms with van der Waals surface area (Å²) >= 11 is 3.41. The third kappa shape index (κ3) is 2.79. The summed E-state index contributed by atoms with van der Waals surface area (Å²) in [7, 11) is 0. The lowest BCUT2D eigenvalue weighted by atomic mass is 10.0. The second-order valence-electron chi connectivity index (χ2n) is 4.33. The fourth-order valence-electron chi connectivity index (χ4n) is 2.28. The molecule has 1 aromatic rings. The van der Waals surface area contributed by atoms with Crippen LogP contribution in [0, 0.1) is 0 Å². The zero-order valence-electron chi connectivity index (χ0n) is 9.34. The molecule has 1 heterocycles. The Morgan fingerprint density at radius 2 is 2.35 bits per heavy atom. The Bertz CT molecular complexity index is 425. The van der Waals surface area contributed by atoms with Crippen molar-refractivity contribution in [3.8, 4) is 0 Å². The van der Waals surface area contributed by atoms with Gasteiger partial charge in [0.25, 0.3) is 0 Å². The maximum Gasteiger partial charge on any atom is 0.407 e. The molecule has 2 unspecified atom stereocenters. The van der Waals surface area contributed by atoms with Crippen LogP contribution in [0.15, 0.2) is 28.7 Å². The monoisotopic (exact) mass is 298 g/mol. The van der Waals surface area contributed by atoms with E-state index in [1.54, 1.807) is 0 Å². The van der Waals surface area contributed by atoms with Crippen LogP contribution in [0.5, 0.6) is 0 Å². The molecule has 1 saturated heterocycles. The molecule has 5 heteroatoms. The number of hydrogen-bond donors (Lipinski definition) is 2. The quantitative estimate of drug-likeness (QED) is 0.878. The predicted octanol–water partition coefficient (Wildman–Crippen LogP) is 2.07. The summed E-state index contributed by atoms with van der Waals surface area (Å²) in [5.41, 5.74) is 7.08. The highest BCUT2D eigenvalue weighted by atomic mass is 79.9. The normalized spacial score (nSPS) is 24.0. The zero-order valence-corrected chi connectivity index (χ0v) is 10.9. The summed E-state index contributed by atoms with van der Waals surface area (Å²) in [5, 5.41) is 9.10. The van der Waals surface area contributed by atoms with Crippen molar-refractivity contribution in [1.82, 2.24) is 4.90 Å². The van der Waals surface area contributed by atoms with E-state index in [0.717, 1.165) is 16.5 Å². The lowest BCUT2D eigenvalue weighted by molar-refractivity contribution is 0.138. The first-order chi connectivity index (χ1) is 8.08. The fourth-order valence-corrected chi connectivity index (χ4v) is 2.73. The Morgan fingerprint density at radius 3 is 3.00 bits per heavy atom. The second kappa shape index (κ2) is 5.06. The zero-order chi connectivity index (χ0) is 12.4. The van der Waals surface area contributed by atoms with Crippen LogP contribution in [-0.4, -0.2) is 34.7 Å². The number of halogens is 1. The number of nitrogens with zero attached hydrogens (tertiary/aromatic N) is 1. The van der Waals surface area contributed by atoms with Crippen LogP contribution in [0.4, 0.5) is 4.79 Å². The molecule has 1 aliphatic rings. The summed E-state index contributed by atoms with van der Waals surface area (Å²) in [5.74, 6) is 0. The van der Waals surface area contributed by atoms with Crippen molar-refractivity contribution in [3.63, 3.8) is 0 Å². The minimum absolute atomic E-state index is 0.0647. The first kappa shape index (κ1) is 12.4. The molecule has 2 atom stereocenters. The molecule has 1 aliphatic heterocycles. The number of likely N-dealkylation sites (tertiary alicyclic amines) is 1. The van der Waals surface area contributed by atoms with Crippen molar-refractivity contribution in [3.05, 3.63) is 34.3 Å². The van der Waals surface area contributed by atoms with Crippen LogP contribution in [0.3, 0.4) is 0 Å². The summed E-state index contributed by atoms with van der Waals surface area (Å²) in [6.07, 6.45) is 0.538. The van der Waals surface area contributed by atoms with Crippen molar-refractivity contribution < 1.29 is 9.90 Å². The van der Waals surface area contributed by atoms with Gasteiger partial charge in [-0.3, -0.25) is 0 Å². The molecular weight excluding hydrogens is 284 g/mol.